The third-order valence-corrected chi connectivity index (χ3v) is 20.0. The van der Waals surface area contributed by atoms with Crippen LogP contribution >= 0.6 is 15.6 Å². The number of aliphatic hydroxyl groups excluding tert-OH is 1. The van der Waals surface area contributed by atoms with Crippen molar-refractivity contribution in [3.05, 3.63) is 0 Å². The van der Waals surface area contributed by atoms with Crippen LogP contribution in [0.5, 0.6) is 0 Å². The van der Waals surface area contributed by atoms with Gasteiger partial charge in [-0.15, -0.1) is 0 Å². The summed E-state index contributed by atoms with van der Waals surface area (Å²) >= 11 is 0. The summed E-state index contributed by atoms with van der Waals surface area (Å²) in [5.41, 5.74) is 0. The largest absolute Gasteiger partial charge is 0.472 e. The quantitative estimate of drug-likeness (QED) is 0.0222. The van der Waals surface area contributed by atoms with Gasteiger partial charge in [-0.2, -0.15) is 0 Å². The Morgan fingerprint density at radius 2 is 0.505 bits per heavy atom. The van der Waals surface area contributed by atoms with Crippen LogP contribution in [0, 0.1) is 5.92 Å². The standard InChI is InChI=1S/C76H148O17P2/c1-6-10-13-16-19-22-33-39-44-49-54-59-73(78)86-65-71(92-75(80)61-56-51-46-41-35-24-21-18-15-12-8-3)67-90-94(82,83)88-63-70(77)64-89-95(84,85)91-68-72(66-87-74(79)60-55-50-45-40-34-23-20-17-14-11-7-2)93-76(81)62-57-52-47-42-37-32-30-28-26-25-27-29-31-36-38-43-48-53-58-69(5)9-4/h69-72,77H,6-68H2,1-5H3,(H,82,83)(H,84,85)/t69?,70-,71+,72+/m0/s1. The van der Waals surface area contributed by atoms with Gasteiger partial charge in [-0.05, 0) is 31.6 Å². The number of carbonyl (C=O) groups is 4. The lowest BCUT2D eigenvalue weighted by atomic mass is 9.99. The van der Waals surface area contributed by atoms with E-state index in [0.717, 1.165) is 95.8 Å². The Morgan fingerprint density at radius 3 is 0.747 bits per heavy atom. The maximum Gasteiger partial charge on any atom is 0.472 e. The number of hydrogen-bond acceptors (Lipinski definition) is 15. The molecular weight excluding hydrogens is 1250 g/mol. The maximum atomic E-state index is 13.1. The zero-order chi connectivity index (χ0) is 69.8. The van der Waals surface area contributed by atoms with E-state index in [-0.39, 0.29) is 25.7 Å². The summed E-state index contributed by atoms with van der Waals surface area (Å²) in [6, 6.07) is 0. The van der Waals surface area contributed by atoms with Crippen molar-refractivity contribution in [2.24, 2.45) is 5.92 Å². The molecule has 95 heavy (non-hydrogen) atoms. The first-order chi connectivity index (χ1) is 46.1. The SMILES string of the molecule is CCCCCCCCCCCCCC(=O)OC[C@H](COP(=O)(O)OC[C@H](O)COP(=O)(O)OC[C@@H](COC(=O)CCCCCCCCCCCCC)OC(=O)CCCCCCCCCCCCCCCCCCCCC(C)CC)OC(=O)CCCCCCCCCCCCC. The van der Waals surface area contributed by atoms with Crippen molar-refractivity contribution in [3.63, 3.8) is 0 Å². The van der Waals surface area contributed by atoms with Crippen molar-refractivity contribution in [1.29, 1.82) is 0 Å². The van der Waals surface area contributed by atoms with E-state index in [0.29, 0.717) is 25.7 Å². The third-order valence-electron chi connectivity index (χ3n) is 18.1. The highest BCUT2D eigenvalue weighted by Crippen LogP contribution is 2.45. The normalized spacial score (nSPS) is 14.2. The van der Waals surface area contributed by atoms with Gasteiger partial charge >= 0.3 is 39.5 Å². The first kappa shape index (κ1) is 93.1. The Kier molecular flexibility index (Phi) is 67.7. The number of phosphoric ester groups is 2. The molecule has 0 aromatic carbocycles. The van der Waals surface area contributed by atoms with E-state index in [9.17, 15) is 43.2 Å². The summed E-state index contributed by atoms with van der Waals surface area (Å²) in [4.78, 5) is 72.7. The van der Waals surface area contributed by atoms with E-state index in [1.165, 1.54) is 225 Å². The topological polar surface area (TPSA) is 237 Å². The fraction of sp³-hybridized carbons (Fsp3) is 0.947. The average molecular weight is 1400 g/mol. The number of esters is 4. The summed E-state index contributed by atoms with van der Waals surface area (Å²) in [5.74, 6) is -1.24. The predicted molar refractivity (Wildman–Crippen MR) is 386 cm³/mol. The second-order valence-electron chi connectivity index (χ2n) is 27.6. The molecule has 0 aliphatic carbocycles. The van der Waals surface area contributed by atoms with Gasteiger partial charge in [0.25, 0.3) is 0 Å². The number of phosphoric acid groups is 2. The van der Waals surface area contributed by atoms with Crippen molar-refractivity contribution in [1.82, 2.24) is 0 Å². The molecule has 0 saturated carbocycles. The summed E-state index contributed by atoms with van der Waals surface area (Å²) < 4.78 is 68.5. The van der Waals surface area contributed by atoms with Crippen LogP contribution in [0.15, 0.2) is 0 Å². The highest BCUT2D eigenvalue weighted by atomic mass is 31.2. The highest BCUT2D eigenvalue weighted by molar-refractivity contribution is 7.47. The third kappa shape index (κ3) is 69.0. The monoisotopic (exact) mass is 1400 g/mol. The van der Waals surface area contributed by atoms with E-state index in [1.807, 2.05) is 0 Å². The Bertz CT molecular complexity index is 1820. The Balaban J connectivity index is 5.16. The van der Waals surface area contributed by atoms with Crippen molar-refractivity contribution in [3.8, 4) is 0 Å². The van der Waals surface area contributed by atoms with Crippen LogP contribution in [0.25, 0.3) is 0 Å². The van der Waals surface area contributed by atoms with E-state index in [1.54, 1.807) is 0 Å². The number of ether oxygens (including phenoxy) is 4. The number of rotatable bonds is 76. The highest BCUT2D eigenvalue weighted by Gasteiger charge is 2.30. The Morgan fingerprint density at radius 1 is 0.295 bits per heavy atom. The zero-order valence-corrected chi connectivity index (χ0v) is 63.6. The molecule has 0 spiro atoms. The Labute approximate surface area is 581 Å². The van der Waals surface area contributed by atoms with Crippen LogP contribution in [0.4, 0.5) is 0 Å². The van der Waals surface area contributed by atoms with E-state index >= 15 is 0 Å². The maximum absolute atomic E-state index is 13.1. The van der Waals surface area contributed by atoms with Gasteiger partial charge in [0.05, 0.1) is 26.4 Å². The summed E-state index contributed by atoms with van der Waals surface area (Å²) in [6.45, 7) is 7.35. The van der Waals surface area contributed by atoms with Gasteiger partial charge in [-0.25, -0.2) is 9.13 Å². The van der Waals surface area contributed by atoms with Gasteiger partial charge in [-0.3, -0.25) is 37.3 Å². The fourth-order valence-corrected chi connectivity index (χ4v) is 13.3. The molecule has 0 aromatic heterocycles. The molecule has 0 aliphatic rings. The molecule has 6 atom stereocenters. The van der Waals surface area contributed by atoms with Crippen LogP contribution in [0.1, 0.15) is 401 Å². The predicted octanol–water partition coefficient (Wildman–Crippen LogP) is 22.5. The van der Waals surface area contributed by atoms with Gasteiger partial charge in [0.15, 0.2) is 12.2 Å². The first-order valence-corrected chi connectivity index (χ1v) is 42.7. The van der Waals surface area contributed by atoms with Gasteiger partial charge < -0.3 is 33.8 Å². The van der Waals surface area contributed by atoms with Gasteiger partial charge in [0.1, 0.15) is 19.3 Å². The van der Waals surface area contributed by atoms with E-state index in [4.69, 9.17) is 37.0 Å². The van der Waals surface area contributed by atoms with Crippen LogP contribution < -0.4 is 0 Å². The molecule has 0 fully saturated rings. The molecule has 0 aromatic rings. The van der Waals surface area contributed by atoms with Crippen LogP contribution in [0.2, 0.25) is 0 Å². The van der Waals surface area contributed by atoms with Crippen molar-refractivity contribution in [2.75, 3.05) is 39.6 Å². The molecule has 0 aliphatic heterocycles. The molecule has 19 heteroatoms. The van der Waals surface area contributed by atoms with E-state index < -0.39 is 97.5 Å². The van der Waals surface area contributed by atoms with Gasteiger partial charge in [-0.1, -0.05) is 349 Å². The fourth-order valence-electron chi connectivity index (χ4n) is 11.7. The Hall–Kier alpha value is -1.94. The molecule has 0 heterocycles. The molecule has 3 N–H and O–H groups in total. The van der Waals surface area contributed by atoms with Gasteiger partial charge in [0, 0.05) is 25.7 Å². The number of hydrogen-bond donors (Lipinski definition) is 3. The van der Waals surface area contributed by atoms with Crippen molar-refractivity contribution >= 4 is 39.5 Å². The molecule has 3 unspecified atom stereocenters. The minimum absolute atomic E-state index is 0.108. The number of aliphatic hydroxyl groups is 1. The molecule has 17 nitrogen and oxygen atoms in total. The lowest BCUT2D eigenvalue weighted by molar-refractivity contribution is -0.161. The second-order valence-corrected chi connectivity index (χ2v) is 30.5. The molecular formula is C76H148O17P2. The first-order valence-electron chi connectivity index (χ1n) is 39.7. The molecule has 0 amide bonds. The average Bonchev–Trinajstić information content (AvgIpc) is 2.17. The number of unbranched alkanes of at least 4 members (excludes halogenated alkanes) is 47. The smallest absolute Gasteiger partial charge is 0.462 e. The van der Waals surface area contributed by atoms with Crippen LogP contribution in [-0.2, 0) is 65.4 Å². The minimum Gasteiger partial charge on any atom is -0.462 e. The molecule has 0 radical (unpaired) electrons. The molecule has 564 valence electrons. The lowest BCUT2D eigenvalue weighted by Gasteiger charge is -2.21. The summed E-state index contributed by atoms with van der Waals surface area (Å²) in [6.07, 6.45) is 58.1. The summed E-state index contributed by atoms with van der Waals surface area (Å²) in [5, 5.41) is 10.6. The molecule has 0 rings (SSSR count). The lowest BCUT2D eigenvalue weighted by Crippen LogP contribution is -2.30. The van der Waals surface area contributed by atoms with E-state index in [2.05, 4.69) is 34.6 Å². The summed E-state index contributed by atoms with van der Waals surface area (Å²) in [7, 11) is -9.90. The number of carbonyl (C=O) groups excluding carboxylic acids is 4. The van der Waals surface area contributed by atoms with Gasteiger partial charge in [0.2, 0.25) is 0 Å². The van der Waals surface area contributed by atoms with Crippen LogP contribution in [-0.4, -0.2) is 96.7 Å². The van der Waals surface area contributed by atoms with Crippen molar-refractivity contribution < 1.29 is 80.2 Å². The van der Waals surface area contributed by atoms with Crippen LogP contribution in [0.3, 0.4) is 0 Å². The molecule has 0 bridgehead atoms. The molecule has 0 saturated heterocycles. The second kappa shape index (κ2) is 69.2. The minimum atomic E-state index is -4.95. The zero-order valence-electron chi connectivity index (χ0n) is 61.8. The van der Waals surface area contributed by atoms with Crippen molar-refractivity contribution in [2.45, 2.75) is 419 Å².